The normalized spacial score (nSPS) is 22.6. The van der Waals surface area contributed by atoms with Crippen LogP contribution < -0.4 is 5.73 Å². The zero-order valence-electron chi connectivity index (χ0n) is 10.9. The first-order valence-electron chi connectivity index (χ1n) is 6.24. The van der Waals surface area contributed by atoms with Crippen LogP contribution in [0.3, 0.4) is 0 Å². The number of rotatable bonds is 3. The van der Waals surface area contributed by atoms with Crippen LogP contribution in [0.15, 0.2) is 5.16 Å². The van der Waals surface area contributed by atoms with Gasteiger partial charge >= 0.3 is 0 Å². The van der Waals surface area contributed by atoms with Gasteiger partial charge in [0.2, 0.25) is 5.91 Å². The molecule has 98 valence electrons. The molecule has 0 aromatic heterocycles. The van der Waals surface area contributed by atoms with Crippen molar-refractivity contribution >= 4 is 11.7 Å². The molecule has 0 aromatic carbocycles. The molecule has 3 N–H and O–H groups in total. The number of hydrogen-bond acceptors (Lipinski definition) is 3. The van der Waals surface area contributed by atoms with Gasteiger partial charge in [-0.05, 0) is 39.5 Å². The van der Waals surface area contributed by atoms with E-state index in [0.717, 1.165) is 25.8 Å². The van der Waals surface area contributed by atoms with Gasteiger partial charge in [0.1, 0.15) is 5.41 Å². The Morgan fingerprint density at radius 1 is 1.53 bits per heavy atom. The summed E-state index contributed by atoms with van der Waals surface area (Å²) in [6, 6.07) is 0.294. The SMILES string of the molecule is CCC1CCCCN1C(=O)C(C)(C)C(N)=NO. The second kappa shape index (κ2) is 5.38. The maximum atomic E-state index is 12.4. The molecule has 1 unspecified atom stereocenters. The van der Waals surface area contributed by atoms with Gasteiger partial charge < -0.3 is 15.8 Å². The summed E-state index contributed by atoms with van der Waals surface area (Å²) >= 11 is 0. The van der Waals surface area contributed by atoms with Gasteiger partial charge in [0, 0.05) is 12.6 Å². The van der Waals surface area contributed by atoms with Crippen LogP contribution in [0.25, 0.3) is 0 Å². The highest BCUT2D eigenvalue weighted by molar-refractivity contribution is 6.06. The molecule has 0 aliphatic carbocycles. The molecule has 0 saturated carbocycles. The van der Waals surface area contributed by atoms with Gasteiger partial charge in [0.05, 0.1) is 0 Å². The van der Waals surface area contributed by atoms with Crippen molar-refractivity contribution in [3.05, 3.63) is 0 Å². The third-order valence-electron chi connectivity index (χ3n) is 3.64. The van der Waals surface area contributed by atoms with E-state index < -0.39 is 5.41 Å². The third-order valence-corrected chi connectivity index (χ3v) is 3.64. The maximum Gasteiger partial charge on any atom is 0.236 e. The highest BCUT2D eigenvalue weighted by Crippen LogP contribution is 2.26. The van der Waals surface area contributed by atoms with Crippen LogP contribution in [0.2, 0.25) is 0 Å². The average molecular weight is 241 g/mol. The summed E-state index contributed by atoms with van der Waals surface area (Å²) in [5.41, 5.74) is 4.67. The Morgan fingerprint density at radius 2 is 2.18 bits per heavy atom. The molecule has 0 aromatic rings. The van der Waals surface area contributed by atoms with Gasteiger partial charge in [0.25, 0.3) is 0 Å². The van der Waals surface area contributed by atoms with E-state index in [-0.39, 0.29) is 11.7 Å². The number of likely N-dealkylation sites (tertiary alicyclic amines) is 1. The van der Waals surface area contributed by atoms with Crippen LogP contribution in [0, 0.1) is 5.41 Å². The highest BCUT2D eigenvalue weighted by atomic mass is 16.4. The van der Waals surface area contributed by atoms with Crippen LogP contribution in [0.1, 0.15) is 46.5 Å². The smallest absolute Gasteiger partial charge is 0.236 e. The van der Waals surface area contributed by atoms with E-state index in [1.54, 1.807) is 13.8 Å². The van der Waals surface area contributed by atoms with Crippen molar-refractivity contribution in [2.75, 3.05) is 6.54 Å². The molecule has 1 aliphatic rings. The molecule has 1 aliphatic heterocycles. The Morgan fingerprint density at radius 3 is 2.71 bits per heavy atom. The van der Waals surface area contributed by atoms with Gasteiger partial charge in [-0.15, -0.1) is 0 Å². The first-order valence-corrected chi connectivity index (χ1v) is 6.24. The maximum absolute atomic E-state index is 12.4. The molecule has 1 heterocycles. The molecular weight excluding hydrogens is 218 g/mol. The van der Waals surface area contributed by atoms with Crippen molar-refractivity contribution in [2.24, 2.45) is 16.3 Å². The number of piperidine rings is 1. The minimum atomic E-state index is -0.931. The number of carbonyl (C=O) groups is 1. The molecule has 5 nitrogen and oxygen atoms in total. The van der Waals surface area contributed by atoms with E-state index in [2.05, 4.69) is 12.1 Å². The van der Waals surface area contributed by atoms with E-state index in [9.17, 15) is 4.79 Å². The fourth-order valence-electron chi connectivity index (χ4n) is 2.29. The van der Waals surface area contributed by atoms with Crippen LogP contribution in [0.4, 0.5) is 0 Å². The monoisotopic (exact) mass is 241 g/mol. The molecule has 5 heteroatoms. The predicted molar refractivity (Wildman–Crippen MR) is 66.8 cm³/mol. The van der Waals surface area contributed by atoms with Crippen LogP contribution in [-0.2, 0) is 4.79 Å². The zero-order chi connectivity index (χ0) is 13.1. The fraction of sp³-hybridized carbons (Fsp3) is 0.833. The lowest BCUT2D eigenvalue weighted by molar-refractivity contribution is -0.141. The van der Waals surface area contributed by atoms with E-state index in [1.165, 1.54) is 6.42 Å². The number of nitrogens with two attached hydrogens (primary N) is 1. The number of nitrogens with zero attached hydrogens (tertiary/aromatic N) is 2. The molecule has 1 amide bonds. The second-order valence-electron chi connectivity index (χ2n) is 5.17. The standard InChI is InChI=1S/C12H23N3O2/c1-4-9-7-5-6-8-15(9)11(16)12(2,3)10(13)14-17/h9,17H,4-8H2,1-3H3,(H2,13,14). The van der Waals surface area contributed by atoms with E-state index in [4.69, 9.17) is 10.9 Å². The molecule has 0 bridgehead atoms. The molecule has 0 radical (unpaired) electrons. The number of amidine groups is 1. The number of carbonyl (C=O) groups excluding carboxylic acids is 1. The first kappa shape index (κ1) is 13.8. The summed E-state index contributed by atoms with van der Waals surface area (Å²) in [7, 11) is 0. The van der Waals surface area contributed by atoms with Crippen LogP contribution >= 0.6 is 0 Å². The second-order valence-corrected chi connectivity index (χ2v) is 5.17. The molecule has 17 heavy (non-hydrogen) atoms. The Bertz CT molecular complexity index is 313. The molecule has 0 spiro atoms. The quantitative estimate of drug-likeness (QED) is 0.340. The highest BCUT2D eigenvalue weighted by Gasteiger charge is 2.39. The van der Waals surface area contributed by atoms with Crippen molar-refractivity contribution in [1.82, 2.24) is 4.90 Å². The van der Waals surface area contributed by atoms with Crippen LogP contribution in [0.5, 0.6) is 0 Å². The molecule has 1 fully saturated rings. The minimum absolute atomic E-state index is 0.0251. The number of oxime groups is 1. The first-order chi connectivity index (χ1) is 7.95. The zero-order valence-corrected chi connectivity index (χ0v) is 10.9. The van der Waals surface area contributed by atoms with Gasteiger partial charge in [-0.2, -0.15) is 0 Å². The summed E-state index contributed by atoms with van der Waals surface area (Å²) in [4.78, 5) is 14.3. The summed E-state index contributed by atoms with van der Waals surface area (Å²) in [6.45, 7) is 6.27. The Labute approximate surface area is 103 Å². The summed E-state index contributed by atoms with van der Waals surface area (Å²) < 4.78 is 0. The largest absolute Gasteiger partial charge is 0.409 e. The average Bonchev–Trinajstić information content (AvgIpc) is 2.36. The van der Waals surface area contributed by atoms with Crippen molar-refractivity contribution in [3.63, 3.8) is 0 Å². The van der Waals surface area contributed by atoms with Gasteiger partial charge in [-0.1, -0.05) is 12.1 Å². The molecule has 1 atom stereocenters. The lowest BCUT2D eigenvalue weighted by atomic mass is 9.87. The van der Waals surface area contributed by atoms with Crippen molar-refractivity contribution in [1.29, 1.82) is 0 Å². The number of amides is 1. The molecule has 1 rings (SSSR count). The minimum Gasteiger partial charge on any atom is -0.409 e. The van der Waals surface area contributed by atoms with Crippen molar-refractivity contribution < 1.29 is 10.0 Å². The summed E-state index contributed by atoms with van der Waals surface area (Å²) in [5, 5.41) is 11.7. The molecule has 1 saturated heterocycles. The van der Waals surface area contributed by atoms with E-state index in [0.29, 0.717) is 6.04 Å². The Balaban J connectivity index is 2.87. The molecular formula is C12H23N3O2. The van der Waals surface area contributed by atoms with Crippen LogP contribution in [-0.4, -0.2) is 34.4 Å². The topological polar surface area (TPSA) is 78.9 Å². The van der Waals surface area contributed by atoms with E-state index in [1.807, 2.05) is 4.90 Å². The summed E-state index contributed by atoms with van der Waals surface area (Å²) in [6.07, 6.45) is 4.22. The van der Waals surface area contributed by atoms with Crippen molar-refractivity contribution in [2.45, 2.75) is 52.5 Å². The third kappa shape index (κ3) is 2.70. The van der Waals surface area contributed by atoms with Gasteiger partial charge in [-0.3, -0.25) is 4.79 Å². The fourth-order valence-corrected chi connectivity index (χ4v) is 2.29. The lowest BCUT2D eigenvalue weighted by Crippen LogP contribution is -2.53. The number of hydrogen-bond donors (Lipinski definition) is 2. The van der Waals surface area contributed by atoms with Gasteiger partial charge in [0.15, 0.2) is 5.84 Å². The summed E-state index contributed by atoms with van der Waals surface area (Å²) in [5.74, 6) is -0.0673. The van der Waals surface area contributed by atoms with Gasteiger partial charge in [-0.25, -0.2) is 0 Å². The van der Waals surface area contributed by atoms with E-state index >= 15 is 0 Å². The lowest BCUT2D eigenvalue weighted by Gasteiger charge is -2.39. The Kier molecular flexibility index (Phi) is 4.37. The predicted octanol–water partition coefficient (Wildman–Crippen LogP) is 1.55. The van der Waals surface area contributed by atoms with Crippen molar-refractivity contribution in [3.8, 4) is 0 Å². The Hall–Kier alpha value is -1.26.